The average molecular weight is 443 g/mol. The van der Waals surface area contributed by atoms with Gasteiger partial charge in [-0.15, -0.1) is 0 Å². The lowest BCUT2D eigenvalue weighted by Crippen LogP contribution is -2.29. The summed E-state index contributed by atoms with van der Waals surface area (Å²) in [5, 5.41) is 21.9. The summed E-state index contributed by atoms with van der Waals surface area (Å²) >= 11 is 6.56. The summed E-state index contributed by atoms with van der Waals surface area (Å²) in [4.78, 5) is 26.7. The number of nitrogens with one attached hydrogen (secondary N) is 1. The van der Waals surface area contributed by atoms with E-state index in [9.17, 15) is 19.8 Å². The third kappa shape index (κ3) is 5.84. The summed E-state index contributed by atoms with van der Waals surface area (Å²) in [5.74, 6) is 0.0303. The number of anilines is 1. The number of unbranched alkanes of at least 4 members (excludes halogenated alkanes) is 2. The van der Waals surface area contributed by atoms with E-state index in [4.69, 9.17) is 12.2 Å². The summed E-state index contributed by atoms with van der Waals surface area (Å²) < 4.78 is 0.506. The zero-order valence-corrected chi connectivity index (χ0v) is 17.8. The van der Waals surface area contributed by atoms with Gasteiger partial charge in [-0.1, -0.05) is 48.6 Å². The van der Waals surface area contributed by atoms with Crippen molar-refractivity contribution in [2.45, 2.75) is 25.7 Å². The number of nitrogens with zero attached hydrogens (tertiary/aromatic N) is 1. The van der Waals surface area contributed by atoms with E-state index in [0.29, 0.717) is 39.9 Å². The van der Waals surface area contributed by atoms with Gasteiger partial charge in [-0.05, 0) is 49.2 Å². The number of rotatable bonds is 8. The molecule has 1 heterocycles. The molecule has 0 radical (unpaired) electrons. The van der Waals surface area contributed by atoms with E-state index in [-0.39, 0.29) is 23.3 Å². The molecular weight excluding hydrogens is 420 g/mol. The van der Waals surface area contributed by atoms with Gasteiger partial charge in [0.05, 0.1) is 4.91 Å². The Bertz CT molecular complexity index is 973. The summed E-state index contributed by atoms with van der Waals surface area (Å²) in [6.07, 6.45) is 4.27. The van der Waals surface area contributed by atoms with Crippen molar-refractivity contribution in [3.05, 3.63) is 59.0 Å². The second-order valence-electron chi connectivity index (χ2n) is 6.80. The van der Waals surface area contributed by atoms with Gasteiger partial charge in [-0.2, -0.15) is 0 Å². The van der Waals surface area contributed by atoms with Crippen molar-refractivity contribution in [1.29, 1.82) is 0 Å². The highest BCUT2D eigenvalue weighted by molar-refractivity contribution is 8.26. The molecular formula is C22H22N2O4S2. The Balaban J connectivity index is 1.42. The van der Waals surface area contributed by atoms with Crippen LogP contribution in [0.1, 0.15) is 31.2 Å². The van der Waals surface area contributed by atoms with Crippen molar-refractivity contribution in [3.8, 4) is 11.5 Å². The molecule has 0 aromatic heterocycles. The van der Waals surface area contributed by atoms with E-state index in [1.54, 1.807) is 47.4 Å². The van der Waals surface area contributed by atoms with Crippen molar-refractivity contribution < 1.29 is 19.8 Å². The lowest BCUT2D eigenvalue weighted by Gasteiger charge is -2.14. The first-order valence-corrected chi connectivity index (χ1v) is 10.8. The highest BCUT2D eigenvalue weighted by Gasteiger charge is 2.31. The van der Waals surface area contributed by atoms with Crippen molar-refractivity contribution in [1.82, 2.24) is 4.90 Å². The Kier molecular flexibility index (Phi) is 7.48. The molecule has 0 unspecified atom stereocenters. The Morgan fingerprint density at radius 3 is 2.53 bits per heavy atom. The van der Waals surface area contributed by atoms with Crippen LogP contribution in [0.2, 0.25) is 0 Å². The van der Waals surface area contributed by atoms with Gasteiger partial charge in [0, 0.05) is 24.2 Å². The fraction of sp³-hybridized carbons (Fsp3) is 0.227. The minimum atomic E-state index is -0.154. The lowest BCUT2D eigenvalue weighted by atomic mass is 10.1. The number of carbonyl (C=O) groups is 2. The quantitative estimate of drug-likeness (QED) is 0.241. The SMILES string of the molecule is O=C(CCCCCN1C(=O)/C(=C/c2ccccc2O)SC1=S)Nc1ccc(O)cc1. The molecule has 6 nitrogen and oxygen atoms in total. The van der Waals surface area contributed by atoms with E-state index in [1.165, 1.54) is 23.9 Å². The Morgan fingerprint density at radius 2 is 1.80 bits per heavy atom. The maximum atomic E-state index is 12.6. The maximum Gasteiger partial charge on any atom is 0.266 e. The van der Waals surface area contributed by atoms with Crippen molar-refractivity contribution in [2.75, 3.05) is 11.9 Å². The van der Waals surface area contributed by atoms with Gasteiger partial charge in [-0.3, -0.25) is 14.5 Å². The molecule has 2 aromatic rings. The number of phenols is 2. The van der Waals surface area contributed by atoms with Crippen LogP contribution < -0.4 is 5.32 Å². The zero-order valence-electron chi connectivity index (χ0n) is 16.2. The molecule has 3 rings (SSSR count). The van der Waals surface area contributed by atoms with Gasteiger partial charge >= 0.3 is 0 Å². The van der Waals surface area contributed by atoms with E-state index in [0.717, 1.165) is 12.8 Å². The monoisotopic (exact) mass is 442 g/mol. The molecule has 0 spiro atoms. The number of thiocarbonyl (C=S) groups is 1. The van der Waals surface area contributed by atoms with Crippen LogP contribution in [0.4, 0.5) is 5.69 Å². The molecule has 1 aliphatic heterocycles. The number of hydrogen-bond acceptors (Lipinski definition) is 6. The largest absolute Gasteiger partial charge is 0.508 e. The van der Waals surface area contributed by atoms with Gasteiger partial charge in [0.2, 0.25) is 5.91 Å². The molecule has 3 N–H and O–H groups in total. The van der Waals surface area contributed by atoms with Crippen LogP contribution in [0.5, 0.6) is 11.5 Å². The van der Waals surface area contributed by atoms with E-state index in [2.05, 4.69) is 5.32 Å². The minimum absolute atomic E-state index is 0.0862. The second kappa shape index (κ2) is 10.3. The van der Waals surface area contributed by atoms with Crippen LogP contribution in [0.25, 0.3) is 6.08 Å². The molecule has 1 saturated heterocycles. The highest BCUT2D eigenvalue weighted by atomic mass is 32.2. The number of phenolic OH excluding ortho intramolecular Hbond substituents is 2. The minimum Gasteiger partial charge on any atom is -0.508 e. The van der Waals surface area contributed by atoms with Crippen LogP contribution in [-0.4, -0.2) is 37.8 Å². The van der Waals surface area contributed by atoms with Gasteiger partial charge < -0.3 is 15.5 Å². The Hall–Kier alpha value is -2.84. The summed E-state index contributed by atoms with van der Waals surface area (Å²) in [6, 6.07) is 13.2. The number of aromatic hydroxyl groups is 2. The van der Waals surface area contributed by atoms with Crippen molar-refractivity contribution in [2.24, 2.45) is 0 Å². The molecule has 156 valence electrons. The number of para-hydroxylation sites is 1. The first-order chi connectivity index (χ1) is 14.4. The summed E-state index contributed by atoms with van der Waals surface area (Å²) in [6.45, 7) is 0.502. The number of thioether (sulfide) groups is 1. The molecule has 0 saturated carbocycles. The van der Waals surface area contributed by atoms with Crippen LogP contribution in [-0.2, 0) is 9.59 Å². The second-order valence-corrected chi connectivity index (χ2v) is 8.47. The van der Waals surface area contributed by atoms with Crippen LogP contribution >= 0.6 is 24.0 Å². The standard InChI is InChI=1S/C22H22N2O4S2/c25-17-11-9-16(10-12-17)23-20(27)8-2-1-5-13-24-21(28)19(30-22(24)29)14-15-6-3-4-7-18(15)26/h3-4,6-7,9-12,14,25-26H,1-2,5,8,13H2,(H,23,27)/b19-14-. The molecule has 2 amide bonds. The maximum absolute atomic E-state index is 12.6. The normalized spacial score (nSPS) is 15.1. The molecule has 1 fully saturated rings. The fourth-order valence-corrected chi connectivity index (χ4v) is 4.24. The Morgan fingerprint density at radius 1 is 1.07 bits per heavy atom. The smallest absolute Gasteiger partial charge is 0.266 e. The van der Waals surface area contributed by atoms with Gasteiger partial charge in [0.25, 0.3) is 5.91 Å². The number of hydrogen-bond donors (Lipinski definition) is 3. The molecule has 8 heteroatoms. The highest BCUT2D eigenvalue weighted by Crippen LogP contribution is 2.34. The lowest BCUT2D eigenvalue weighted by molar-refractivity contribution is -0.122. The topological polar surface area (TPSA) is 89.9 Å². The molecule has 0 bridgehead atoms. The molecule has 0 aliphatic carbocycles. The Labute approximate surface area is 184 Å². The third-order valence-electron chi connectivity index (χ3n) is 4.53. The van der Waals surface area contributed by atoms with Gasteiger partial charge in [0.15, 0.2) is 0 Å². The fourth-order valence-electron chi connectivity index (χ4n) is 2.94. The van der Waals surface area contributed by atoms with Crippen LogP contribution in [0.15, 0.2) is 53.4 Å². The predicted molar refractivity (Wildman–Crippen MR) is 123 cm³/mol. The average Bonchev–Trinajstić information content (AvgIpc) is 2.98. The van der Waals surface area contributed by atoms with Crippen LogP contribution in [0, 0.1) is 0 Å². The van der Waals surface area contributed by atoms with Gasteiger partial charge in [-0.25, -0.2) is 0 Å². The molecule has 1 aliphatic rings. The molecule has 0 atom stereocenters. The number of carbonyl (C=O) groups excluding carboxylic acids is 2. The molecule has 30 heavy (non-hydrogen) atoms. The van der Waals surface area contributed by atoms with E-state index >= 15 is 0 Å². The third-order valence-corrected chi connectivity index (χ3v) is 5.91. The first-order valence-electron chi connectivity index (χ1n) is 9.56. The number of amides is 2. The zero-order chi connectivity index (χ0) is 21.5. The van der Waals surface area contributed by atoms with Crippen molar-refractivity contribution >= 4 is 51.9 Å². The predicted octanol–water partition coefficient (Wildman–Crippen LogP) is 4.50. The van der Waals surface area contributed by atoms with Crippen molar-refractivity contribution in [3.63, 3.8) is 0 Å². The van der Waals surface area contributed by atoms with E-state index < -0.39 is 0 Å². The van der Waals surface area contributed by atoms with Crippen LogP contribution in [0.3, 0.4) is 0 Å². The van der Waals surface area contributed by atoms with E-state index in [1.807, 2.05) is 0 Å². The summed E-state index contributed by atoms with van der Waals surface area (Å²) in [7, 11) is 0. The first kappa shape index (κ1) is 21.9. The number of benzene rings is 2. The molecule has 2 aromatic carbocycles. The van der Waals surface area contributed by atoms with Gasteiger partial charge in [0.1, 0.15) is 15.8 Å². The summed E-state index contributed by atoms with van der Waals surface area (Å²) in [5.41, 5.74) is 1.23.